The second-order valence-corrected chi connectivity index (χ2v) is 3.44. The van der Waals surface area contributed by atoms with Crippen LogP contribution in [0.3, 0.4) is 0 Å². The van der Waals surface area contributed by atoms with Crippen LogP contribution in [0.4, 0.5) is 0 Å². The molecular formula is C10H8ClNO2. The number of halogens is 1. The van der Waals surface area contributed by atoms with Gasteiger partial charge in [-0.25, -0.2) is 9.78 Å². The molecule has 1 fully saturated rings. The van der Waals surface area contributed by atoms with Crippen molar-refractivity contribution in [1.29, 1.82) is 0 Å². The zero-order valence-corrected chi connectivity index (χ0v) is 8.12. The summed E-state index contributed by atoms with van der Waals surface area (Å²) in [6.45, 7) is 3.60. The Morgan fingerprint density at radius 1 is 1.64 bits per heavy atom. The van der Waals surface area contributed by atoms with Gasteiger partial charge in [0.2, 0.25) is 0 Å². The van der Waals surface area contributed by atoms with Crippen LogP contribution in [0.25, 0.3) is 0 Å². The number of rotatable bonds is 1. The molecule has 1 aliphatic heterocycles. The maximum atomic E-state index is 11.1. The third-order valence-electron chi connectivity index (χ3n) is 2.10. The summed E-state index contributed by atoms with van der Waals surface area (Å²) in [5, 5.41) is 0.375. The Morgan fingerprint density at radius 2 is 2.43 bits per heavy atom. The molecule has 0 amide bonds. The van der Waals surface area contributed by atoms with Gasteiger partial charge >= 0.3 is 5.97 Å². The van der Waals surface area contributed by atoms with Crippen LogP contribution in [-0.2, 0) is 9.53 Å². The number of hydrogen-bond donors (Lipinski definition) is 0. The van der Waals surface area contributed by atoms with Crippen LogP contribution < -0.4 is 0 Å². The number of esters is 1. The maximum Gasteiger partial charge on any atom is 0.334 e. The van der Waals surface area contributed by atoms with Crippen LogP contribution in [0.5, 0.6) is 0 Å². The number of carbonyl (C=O) groups is 1. The summed E-state index contributed by atoms with van der Waals surface area (Å²) in [7, 11) is 0. The summed E-state index contributed by atoms with van der Waals surface area (Å²) < 4.78 is 5.08. The lowest BCUT2D eigenvalue weighted by Crippen LogP contribution is -2.00. The van der Waals surface area contributed by atoms with E-state index in [1.807, 2.05) is 0 Å². The summed E-state index contributed by atoms with van der Waals surface area (Å²) in [6, 6.07) is 3.56. The predicted octanol–water partition coefficient (Wildman–Crippen LogP) is 2.28. The van der Waals surface area contributed by atoms with E-state index >= 15 is 0 Å². The number of nitrogens with zero attached hydrogens (tertiary/aromatic N) is 1. The standard InChI is InChI=1S/C10H8ClNO2/c1-6-5-8(14-10(6)13)7-3-2-4-12-9(7)11/h2-4,8H,1,5H2. The first-order valence-electron chi connectivity index (χ1n) is 4.17. The van der Waals surface area contributed by atoms with E-state index in [0.29, 0.717) is 17.1 Å². The molecule has 3 nitrogen and oxygen atoms in total. The molecule has 1 aromatic rings. The quantitative estimate of drug-likeness (QED) is 0.405. The smallest absolute Gasteiger partial charge is 0.334 e. The van der Waals surface area contributed by atoms with Crippen molar-refractivity contribution in [3.8, 4) is 0 Å². The molecule has 0 N–H and O–H groups in total. The van der Waals surface area contributed by atoms with Crippen LogP contribution in [0.1, 0.15) is 18.1 Å². The van der Waals surface area contributed by atoms with Gasteiger partial charge < -0.3 is 4.74 Å². The molecular weight excluding hydrogens is 202 g/mol. The summed E-state index contributed by atoms with van der Waals surface area (Å²) in [5.41, 5.74) is 1.22. The number of hydrogen-bond acceptors (Lipinski definition) is 3. The number of carbonyl (C=O) groups excluding carboxylic acids is 1. The Bertz CT molecular complexity index is 387. The second kappa shape index (κ2) is 3.42. The van der Waals surface area contributed by atoms with Crippen molar-refractivity contribution in [2.45, 2.75) is 12.5 Å². The Kier molecular flexibility index (Phi) is 2.25. The van der Waals surface area contributed by atoms with Crippen molar-refractivity contribution >= 4 is 17.6 Å². The minimum Gasteiger partial charge on any atom is -0.454 e. The van der Waals surface area contributed by atoms with Crippen LogP contribution in [-0.4, -0.2) is 11.0 Å². The molecule has 1 saturated heterocycles. The monoisotopic (exact) mass is 209 g/mol. The van der Waals surface area contributed by atoms with Gasteiger partial charge in [0.05, 0.1) is 0 Å². The number of cyclic esters (lactones) is 1. The first-order valence-corrected chi connectivity index (χ1v) is 4.55. The third kappa shape index (κ3) is 1.51. The van der Waals surface area contributed by atoms with E-state index in [4.69, 9.17) is 16.3 Å². The number of aromatic nitrogens is 1. The van der Waals surface area contributed by atoms with E-state index in [0.717, 1.165) is 5.56 Å². The Balaban J connectivity index is 2.30. The van der Waals surface area contributed by atoms with Gasteiger partial charge in [0.25, 0.3) is 0 Å². The van der Waals surface area contributed by atoms with Gasteiger partial charge in [-0.15, -0.1) is 0 Å². The highest BCUT2D eigenvalue weighted by molar-refractivity contribution is 6.30. The van der Waals surface area contributed by atoms with Crippen LogP contribution in [0, 0.1) is 0 Å². The van der Waals surface area contributed by atoms with E-state index in [2.05, 4.69) is 11.6 Å². The highest BCUT2D eigenvalue weighted by Gasteiger charge is 2.30. The van der Waals surface area contributed by atoms with Gasteiger partial charge in [0.15, 0.2) is 0 Å². The van der Waals surface area contributed by atoms with Crippen molar-refractivity contribution in [3.05, 3.63) is 41.2 Å². The maximum absolute atomic E-state index is 11.1. The topological polar surface area (TPSA) is 39.2 Å². The van der Waals surface area contributed by atoms with Crippen molar-refractivity contribution < 1.29 is 9.53 Å². The zero-order chi connectivity index (χ0) is 10.1. The highest BCUT2D eigenvalue weighted by atomic mass is 35.5. The average molecular weight is 210 g/mol. The van der Waals surface area contributed by atoms with Gasteiger partial charge in [-0.3, -0.25) is 0 Å². The third-order valence-corrected chi connectivity index (χ3v) is 2.42. The molecule has 2 rings (SSSR count). The SMILES string of the molecule is C=C1CC(c2cccnc2Cl)OC1=O. The fourth-order valence-electron chi connectivity index (χ4n) is 1.37. The van der Waals surface area contributed by atoms with Crippen molar-refractivity contribution in [2.75, 3.05) is 0 Å². The summed E-state index contributed by atoms with van der Waals surface area (Å²) in [4.78, 5) is 15.0. The van der Waals surface area contributed by atoms with Gasteiger partial charge in [0, 0.05) is 23.8 Å². The summed E-state index contributed by atoms with van der Waals surface area (Å²) in [6.07, 6.45) is 1.76. The lowest BCUT2D eigenvalue weighted by Gasteiger charge is -2.09. The van der Waals surface area contributed by atoms with Gasteiger partial charge in [-0.1, -0.05) is 24.2 Å². The lowest BCUT2D eigenvalue weighted by atomic mass is 10.1. The van der Waals surface area contributed by atoms with E-state index < -0.39 is 0 Å². The van der Waals surface area contributed by atoms with E-state index in [9.17, 15) is 4.79 Å². The summed E-state index contributed by atoms with van der Waals surface area (Å²) in [5.74, 6) is -0.352. The molecule has 1 aromatic heterocycles. The molecule has 0 aliphatic carbocycles. The number of pyridine rings is 1. The molecule has 0 radical (unpaired) electrons. The second-order valence-electron chi connectivity index (χ2n) is 3.09. The minimum absolute atomic E-state index is 0.323. The molecule has 0 spiro atoms. The lowest BCUT2D eigenvalue weighted by molar-refractivity contribution is -0.139. The van der Waals surface area contributed by atoms with Crippen LogP contribution in [0.2, 0.25) is 5.15 Å². The van der Waals surface area contributed by atoms with Gasteiger partial charge in [-0.05, 0) is 6.07 Å². The van der Waals surface area contributed by atoms with Crippen LogP contribution >= 0.6 is 11.6 Å². The average Bonchev–Trinajstić information content (AvgIpc) is 2.48. The molecule has 1 unspecified atom stereocenters. The van der Waals surface area contributed by atoms with Crippen LogP contribution in [0.15, 0.2) is 30.5 Å². The molecule has 2 heterocycles. The van der Waals surface area contributed by atoms with E-state index in [1.165, 1.54) is 0 Å². The largest absolute Gasteiger partial charge is 0.454 e. The van der Waals surface area contributed by atoms with Gasteiger partial charge in [0.1, 0.15) is 11.3 Å². The zero-order valence-electron chi connectivity index (χ0n) is 7.37. The molecule has 14 heavy (non-hydrogen) atoms. The number of ether oxygens (including phenoxy) is 1. The summed E-state index contributed by atoms with van der Waals surface area (Å²) >= 11 is 5.87. The molecule has 1 aliphatic rings. The minimum atomic E-state index is -0.352. The fraction of sp³-hybridized carbons (Fsp3) is 0.200. The molecule has 72 valence electrons. The first kappa shape index (κ1) is 9.21. The van der Waals surface area contributed by atoms with Gasteiger partial charge in [-0.2, -0.15) is 0 Å². The Hall–Kier alpha value is -1.35. The van der Waals surface area contributed by atoms with Crippen molar-refractivity contribution in [2.24, 2.45) is 0 Å². The van der Waals surface area contributed by atoms with Crippen molar-refractivity contribution in [1.82, 2.24) is 4.98 Å². The Labute approximate surface area is 86.4 Å². The highest BCUT2D eigenvalue weighted by Crippen LogP contribution is 2.34. The Morgan fingerprint density at radius 3 is 3.00 bits per heavy atom. The fourth-order valence-corrected chi connectivity index (χ4v) is 1.61. The van der Waals surface area contributed by atoms with Crippen molar-refractivity contribution in [3.63, 3.8) is 0 Å². The molecule has 0 saturated carbocycles. The van der Waals surface area contributed by atoms with E-state index in [1.54, 1.807) is 18.3 Å². The first-order chi connectivity index (χ1) is 6.68. The predicted molar refractivity (Wildman–Crippen MR) is 51.8 cm³/mol. The molecule has 0 aromatic carbocycles. The molecule has 4 heteroatoms. The molecule has 0 bridgehead atoms. The normalized spacial score (nSPS) is 21.1. The molecule has 1 atom stereocenters. The van der Waals surface area contributed by atoms with E-state index in [-0.39, 0.29) is 12.1 Å².